The Hall–Kier alpha value is -0.0400. The summed E-state index contributed by atoms with van der Waals surface area (Å²) in [7, 11) is 6.88. The molecule has 1 nitrogen and oxygen atoms in total. The van der Waals surface area contributed by atoms with Crippen molar-refractivity contribution in [3.63, 3.8) is 0 Å². The molecule has 1 saturated carbocycles. The molecule has 0 aromatic rings. The summed E-state index contributed by atoms with van der Waals surface area (Å²) >= 11 is 0. The summed E-state index contributed by atoms with van der Waals surface area (Å²) in [5, 5.41) is 0. The average Bonchev–Trinajstić information content (AvgIpc) is 2.10. The minimum Gasteiger partial charge on any atom is -0.331 e. The van der Waals surface area contributed by atoms with Crippen molar-refractivity contribution >= 4 is 0 Å². The number of hydrogen-bond acceptors (Lipinski definition) is 0. The van der Waals surface area contributed by atoms with E-state index in [2.05, 4.69) is 28.1 Å². The normalized spacial score (nSPS) is 32.7. The third kappa shape index (κ3) is 3.24. The molecule has 1 heteroatoms. The van der Waals surface area contributed by atoms with Gasteiger partial charge in [-0.25, -0.2) is 0 Å². The molecular weight excluding hydrogens is 134 g/mol. The lowest BCUT2D eigenvalue weighted by Crippen LogP contribution is -2.38. The van der Waals surface area contributed by atoms with E-state index in [1.807, 2.05) is 0 Å². The molecule has 0 spiro atoms. The molecule has 0 N–H and O–H groups in total. The summed E-state index contributed by atoms with van der Waals surface area (Å²) in [5.74, 6) is 2.00. The summed E-state index contributed by atoms with van der Waals surface area (Å²) in [6, 6.07) is 0. The molecule has 2 atom stereocenters. The molecule has 1 aliphatic rings. The number of rotatable bonds is 2. The largest absolute Gasteiger partial charge is 0.331 e. The number of nitrogens with zero attached hydrogens (tertiary/aromatic N) is 1. The van der Waals surface area contributed by atoms with Crippen LogP contribution < -0.4 is 0 Å². The second-order valence-electron chi connectivity index (χ2n) is 5.26. The lowest BCUT2D eigenvalue weighted by molar-refractivity contribution is -0.873. The molecule has 0 aliphatic heterocycles. The van der Waals surface area contributed by atoms with Gasteiger partial charge in [0.25, 0.3) is 0 Å². The molecule has 66 valence electrons. The first-order chi connectivity index (χ1) is 4.97. The summed E-state index contributed by atoms with van der Waals surface area (Å²) in [6.45, 7) is 3.75. The van der Waals surface area contributed by atoms with E-state index in [0.717, 1.165) is 16.3 Å². The summed E-state index contributed by atoms with van der Waals surface area (Å²) in [6.07, 6.45) is 4.40. The standard InChI is InChI=1S/C10H22N/c1-9-5-6-10(7-9)8-11(2,3)4/h9-10H,5-8H2,1-4H3/q+1. The fourth-order valence-electron chi connectivity index (χ4n) is 2.27. The lowest BCUT2D eigenvalue weighted by Gasteiger charge is -2.27. The lowest BCUT2D eigenvalue weighted by atomic mass is 10.1. The molecule has 0 amide bonds. The highest BCUT2D eigenvalue weighted by atomic mass is 15.3. The van der Waals surface area contributed by atoms with E-state index < -0.39 is 0 Å². The van der Waals surface area contributed by atoms with E-state index in [9.17, 15) is 0 Å². The predicted octanol–water partition coefficient (Wildman–Crippen LogP) is 2.13. The smallest absolute Gasteiger partial charge is 0.0809 e. The molecule has 2 unspecified atom stereocenters. The molecule has 1 aliphatic carbocycles. The zero-order valence-electron chi connectivity index (χ0n) is 8.43. The van der Waals surface area contributed by atoms with Crippen LogP contribution in [0.1, 0.15) is 26.2 Å². The van der Waals surface area contributed by atoms with Crippen molar-refractivity contribution in [3.05, 3.63) is 0 Å². The van der Waals surface area contributed by atoms with Crippen molar-refractivity contribution in [2.75, 3.05) is 27.7 Å². The molecule has 11 heavy (non-hydrogen) atoms. The van der Waals surface area contributed by atoms with Crippen LogP contribution in [0.15, 0.2) is 0 Å². The van der Waals surface area contributed by atoms with Gasteiger partial charge in [-0.05, 0) is 18.8 Å². The zero-order chi connectivity index (χ0) is 8.48. The van der Waals surface area contributed by atoms with E-state index in [0.29, 0.717) is 0 Å². The molecule has 1 rings (SSSR count). The van der Waals surface area contributed by atoms with Gasteiger partial charge in [-0.15, -0.1) is 0 Å². The molecule has 0 bridgehead atoms. The third-order valence-corrected chi connectivity index (χ3v) is 2.61. The van der Waals surface area contributed by atoms with E-state index in [4.69, 9.17) is 0 Å². The maximum Gasteiger partial charge on any atom is 0.0809 e. The highest BCUT2D eigenvalue weighted by molar-refractivity contribution is 4.71. The van der Waals surface area contributed by atoms with Crippen LogP contribution in [-0.4, -0.2) is 32.2 Å². The van der Waals surface area contributed by atoms with Crippen LogP contribution in [0.4, 0.5) is 0 Å². The highest BCUT2D eigenvalue weighted by Gasteiger charge is 2.25. The van der Waals surface area contributed by atoms with Crippen LogP contribution in [0.2, 0.25) is 0 Å². The van der Waals surface area contributed by atoms with Crippen LogP contribution in [0, 0.1) is 11.8 Å². The van der Waals surface area contributed by atoms with Gasteiger partial charge < -0.3 is 4.48 Å². The molecule has 1 fully saturated rings. The summed E-state index contributed by atoms with van der Waals surface area (Å²) in [4.78, 5) is 0. The minimum absolute atomic E-state index is 0.992. The fraction of sp³-hybridized carbons (Fsp3) is 1.00. The Labute approximate surface area is 71.0 Å². The highest BCUT2D eigenvalue weighted by Crippen LogP contribution is 2.31. The first-order valence-electron chi connectivity index (χ1n) is 4.78. The second-order valence-corrected chi connectivity index (χ2v) is 5.26. The van der Waals surface area contributed by atoms with Gasteiger partial charge >= 0.3 is 0 Å². The molecule has 0 saturated heterocycles. The number of hydrogen-bond donors (Lipinski definition) is 0. The SMILES string of the molecule is CC1CCC(C[N+](C)(C)C)C1. The van der Waals surface area contributed by atoms with Crippen LogP contribution in [0.25, 0.3) is 0 Å². The van der Waals surface area contributed by atoms with Crippen LogP contribution in [0.5, 0.6) is 0 Å². The monoisotopic (exact) mass is 156 g/mol. The molecule has 0 radical (unpaired) electrons. The maximum atomic E-state index is 2.38. The van der Waals surface area contributed by atoms with Crippen molar-refractivity contribution in [1.29, 1.82) is 0 Å². The van der Waals surface area contributed by atoms with Crippen molar-refractivity contribution in [1.82, 2.24) is 0 Å². The first kappa shape index (κ1) is 9.05. The van der Waals surface area contributed by atoms with Crippen molar-refractivity contribution < 1.29 is 4.48 Å². The topological polar surface area (TPSA) is 0 Å². The van der Waals surface area contributed by atoms with Gasteiger partial charge in [0.2, 0.25) is 0 Å². The van der Waals surface area contributed by atoms with Crippen LogP contribution in [-0.2, 0) is 0 Å². The Morgan fingerprint density at radius 2 is 1.82 bits per heavy atom. The maximum absolute atomic E-state index is 2.38. The molecule has 0 aromatic carbocycles. The van der Waals surface area contributed by atoms with Gasteiger partial charge in [0, 0.05) is 5.92 Å². The van der Waals surface area contributed by atoms with E-state index in [1.54, 1.807) is 0 Å². The first-order valence-corrected chi connectivity index (χ1v) is 4.78. The third-order valence-electron chi connectivity index (χ3n) is 2.61. The van der Waals surface area contributed by atoms with Crippen molar-refractivity contribution in [2.24, 2.45) is 11.8 Å². The summed E-state index contributed by atoms with van der Waals surface area (Å²) < 4.78 is 1.14. The van der Waals surface area contributed by atoms with Crippen LogP contribution >= 0.6 is 0 Å². The molecular formula is C10H22N+. The summed E-state index contributed by atoms with van der Waals surface area (Å²) in [5.41, 5.74) is 0. The molecule has 0 aromatic heterocycles. The van der Waals surface area contributed by atoms with Crippen LogP contribution in [0.3, 0.4) is 0 Å². The Bertz CT molecular complexity index is 123. The van der Waals surface area contributed by atoms with E-state index in [1.165, 1.54) is 25.8 Å². The van der Waals surface area contributed by atoms with Gasteiger partial charge in [0.15, 0.2) is 0 Å². The molecule has 0 heterocycles. The Balaban J connectivity index is 2.29. The average molecular weight is 156 g/mol. The Morgan fingerprint density at radius 3 is 2.18 bits per heavy atom. The van der Waals surface area contributed by atoms with E-state index in [-0.39, 0.29) is 0 Å². The Kier molecular flexibility index (Phi) is 2.58. The zero-order valence-corrected chi connectivity index (χ0v) is 8.43. The second kappa shape index (κ2) is 3.14. The van der Waals surface area contributed by atoms with Gasteiger partial charge in [-0.2, -0.15) is 0 Å². The van der Waals surface area contributed by atoms with Crippen molar-refractivity contribution in [3.8, 4) is 0 Å². The quantitative estimate of drug-likeness (QED) is 0.537. The predicted molar refractivity (Wildman–Crippen MR) is 49.4 cm³/mol. The van der Waals surface area contributed by atoms with Crippen molar-refractivity contribution in [2.45, 2.75) is 26.2 Å². The fourth-order valence-corrected chi connectivity index (χ4v) is 2.27. The van der Waals surface area contributed by atoms with Gasteiger partial charge in [-0.3, -0.25) is 0 Å². The number of quaternary nitrogens is 1. The van der Waals surface area contributed by atoms with Gasteiger partial charge in [0.05, 0.1) is 27.7 Å². The van der Waals surface area contributed by atoms with E-state index >= 15 is 0 Å². The van der Waals surface area contributed by atoms with Gasteiger partial charge in [-0.1, -0.05) is 13.3 Å². The van der Waals surface area contributed by atoms with Gasteiger partial charge in [0.1, 0.15) is 0 Å². The Morgan fingerprint density at radius 1 is 1.18 bits per heavy atom. The minimum atomic E-state index is 0.992.